The zero-order valence-corrected chi connectivity index (χ0v) is 13.1. The van der Waals surface area contributed by atoms with Gasteiger partial charge in [-0.05, 0) is 37.3 Å². The van der Waals surface area contributed by atoms with Crippen molar-refractivity contribution in [1.29, 1.82) is 0 Å². The summed E-state index contributed by atoms with van der Waals surface area (Å²) in [6.45, 7) is 4.11. The number of rotatable bonds is 6. The third-order valence-electron chi connectivity index (χ3n) is 2.85. The van der Waals surface area contributed by atoms with Gasteiger partial charge in [0, 0.05) is 22.9 Å². The molecule has 1 N–H and O–H groups in total. The molecule has 102 valence electrons. The van der Waals surface area contributed by atoms with Crippen molar-refractivity contribution in [3.05, 3.63) is 33.6 Å². The second-order valence-corrected chi connectivity index (χ2v) is 5.96. The Morgan fingerprint density at radius 2 is 2.00 bits per heavy atom. The molecule has 0 bridgehead atoms. The van der Waals surface area contributed by atoms with Crippen LogP contribution in [0, 0.1) is 5.82 Å². The zero-order valence-electron chi connectivity index (χ0n) is 10.8. The lowest BCUT2D eigenvalue weighted by molar-refractivity contribution is 0.473. The van der Waals surface area contributed by atoms with E-state index in [1.54, 1.807) is 11.8 Å². The van der Waals surface area contributed by atoms with Crippen molar-refractivity contribution in [3.8, 4) is 0 Å². The maximum atomic E-state index is 13.5. The van der Waals surface area contributed by atoms with Crippen LogP contribution >= 0.6 is 35.0 Å². The third kappa shape index (κ3) is 4.30. The van der Waals surface area contributed by atoms with Crippen molar-refractivity contribution in [3.63, 3.8) is 0 Å². The summed E-state index contributed by atoms with van der Waals surface area (Å²) in [6.07, 6.45) is 3.10. The van der Waals surface area contributed by atoms with Crippen molar-refractivity contribution in [2.24, 2.45) is 0 Å². The molecule has 2 unspecified atom stereocenters. The Hall–Kier alpha value is 0.0400. The highest BCUT2D eigenvalue weighted by atomic mass is 35.5. The molecule has 1 nitrogen and oxygen atoms in total. The Kier molecular flexibility index (Phi) is 6.78. The monoisotopic (exact) mass is 309 g/mol. The fourth-order valence-corrected chi connectivity index (χ4v) is 3.08. The van der Waals surface area contributed by atoms with Gasteiger partial charge in [0.2, 0.25) is 0 Å². The minimum Gasteiger partial charge on any atom is -0.307 e. The molecule has 18 heavy (non-hydrogen) atoms. The minimum atomic E-state index is -0.428. The number of thioether (sulfide) groups is 1. The van der Waals surface area contributed by atoms with Gasteiger partial charge >= 0.3 is 0 Å². The summed E-state index contributed by atoms with van der Waals surface area (Å²) in [5.74, 6) is 0.594. The van der Waals surface area contributed by atoms with Gasteiger partial charge in [-0.2, -0.15) is 11.8 Å². The summed E-state index contributed by atoms with van der Waals surface area (Å²) in [5, 5.41) is 4.02. The van der Waals surface area contributed by atoms with Crippen LogP contribution in [-0.2, 0) is 0 Å². The highest BCUT2D eigenvalue weighted by Gasteiger charge is 2.16. The highest BCUT2D eigenvalue weighted by molar-refractivity contribution is 7.98. The van der Waals surface area contributed by atoms with E-state index >= 15 is 0 Å². The van der Waals surface area contributed by atoms with Crippen LogP contribution in [0.15, 0.2) is 12.1 Å². The van der Waals surface area contributed by atoms with Gasteiger partial charge in [-0.15, -0.1) is 0 Å². The van der Waals surface area contributed by atoms with Crippen LogP contribution in [0.1, 0.15) is 31.9 Å². The molecule has 0 radical (unpaired) electrons. The van der Waals surface area contributed by atoms with Crippen LogP contribution in [0.5, 0.6) is 0 Å². The van der Waals surface area contributed by atoms with E-state index in [1.165, 1.54) is 12.1 Å². The average Bonchev–Trinajstić information content (AvgIpc) is 2.33. The van der Waals surface area contributed by atoms with Gasteiger partial charge in [0.25, 0.3) is 0 Å². The van der Waals surface area contributed by atoms with E-state index in [9.17, 15) is 4.39 Å². The normalized spacial score (nSPS) is 14.6. The highest BCUT2D eigenvalue weighted by Crippen LogP contribution is 2.29. The lowest BCUT2D eigenvalue weighted by atomic mass is 10.1. The standard InChI is InChI=1S/C13H18Cl2FNS/c1-4-9(7-18-3)17-8(2)10-5-13(16)12(15)6-11(10)14/h5-6,8-9,17H,4,7H2,1-3H3. The van der Waals surface area contributed by atoms with Crippen molar-refractivity contribution in [1.82, 2.24) is 5.32 Å². The van der Waals surface area contributed by atoms with Crippen molar-refractivity contribution in [2.45, 2.75) is 32.4 Å². The second kappa shape index (κ2) is 7.59. The quantitative estimate of drug-likeness (QED) is 0.748. The Morgan fingerprint density at radius 3 is 2.56 bits per heavy atom. The molecule has 0 heterocycles. The molecule has 0 aliphatic rings. The largest absolute Gasteiger partial charge is 0.307 e. The van der Waals surface area contributed by atoms with Crippen LogP contribution < -0.4 is 5.32 Å². The minimum absolute atomic E-state index is 0.00127. The Balaban J connectivity index is 2.83. The Morgan fingerprint density at radius 1 is 1.33 bits per heavy atom. The van der Waals surface area contributed by atoms with Crippen LogP contribution in [0.4, 0.5) is 4.39 Å². The van der Waals surface area contributed by atoms with Gasteiger partial charge in [0.15, 0.2) is 0 Å². The van der Waals surface area contributed by atoms with Gasteiger partial charge in [-0.1, -0.05) is 30.1 Å². The first kappa shape index (κ1) is 16.1. The molecular weight excluding hydrogens is 292 g/mol. The number of benzene rings is 1. The summed E-state index contributed by atoms with van der Waals surface area (Å²) in [5.41, 5.74) is 0.748. The molecular formula is C13H18Cl2FNS. The first-order valence-electron chi connectivity index (χ1n) is 5.89. The van der Waals surface area contributed by atoms with E-state index in [0.717, 1.165) is 17.7 Å². The summed E-state index contributed by atoms with van der Waals surface area (Å²) in [6, 6.07) is 3.27. The van der Waals surface area contributed by atoms with Crippen LogP contribution in [0.25, 0.3) is 0 Å². The molecule has 0 fully saturated rings. The SMILES string of the molecule is CCC(CSC)NC(C)c1cc(F)c(Cl)cc1Cl. The second-order valence-electron chi connectivity index (χ2n) is 4.24. The van der Waals surface area contributed by atoms with Crippen molar-refractivity contribution >= 4 is 35.0 Å². The summed E-state index contributed by atoms with van der Waals surface area (Å²) in [7, 11) is 0. The first-order valence-corrected chi connectivity index (χ1v) is 8.04. The number of halogens is 3. The third-order valence-corrected chi connectivity index (χ3v) is 4.21. The Labute approximate surface area is 122 Å². The summed E-state index contributed by atoms with van der Waals surface area (Å²) < 4.78 is 13.5. The van der Waals surface area contributed by atoms with Gasteiger partial charge in [0.1, 0.15) is 5.82 Å². The predicted molar refractivity (Wildman–Crippen MR) is 80.4 cm³/mol. The van der Waals surface area contributed by atoms with Gasteiger partial charge in [-0.25, -0.2) is 4.39 Å². The number of hydrogen-bond donors (Lipinski definition) is 1. The predicted octanol–water partition coefficient (Wildman–Crippen LogP) is 4.92. The lowest BCUT2D eigenvalue weighted by Gasteiger charge is -2.23. The van der Waals surface area contributed by atoms with Crippen molar-refractivity contribution in [2.75, 3.05) is 12.0 Å². The number of hydrogen-bond acceptors (Lipinski definition) is 2. The van der Waals surface area contributed by atoms with E-state index in [4.69, 9.17) is 23.2 Å². The lowest BCUT2D eigenvalue weighted by Crippen LogP contribution is -2.33. The molecule has 1 rings (SSSR count). The fourth-order valence-electron chi connectivity index (χ4n) is 1.80. The van der Waals surface area contributed by atoms with Gasteiger partial charge in [-0.3, -0.25) is 0 Å². The van der Waals surface area contributed by atoms with E-state index in [1.807, 2.05) is 6.92 Å². The number of nitrogens with one attached hydrogen (secondary N) is 1. The molecule has 5 heteroatoms. The average molecular weight is 310 g/mol. The zero-order chi connectivity index (χ0) is 13.7. The molecule has 0 spiro atoms. The molecule has 0 aromatic heterocycles. The molecule has 1 aromatic carbocycles. The smallest absolute Gasteiger partial charge is 0.142 e. The Bertz CT molecular complexity index is 401. The molecule has 0 aliphatic heterocycles. The molecule has 0 saturated carbocycles. The van der Waals surface area contributed by atoms with E-state index < -0.39 is 5.82 Å². The summed E-state index contributed by atoms with van der Waals surface area (Å²) >= 11 is 13.6. The maximum Gasteiger partial charge on any atom is 0.142 e. The summed E-state index contributed by atoms with van der Waals surface area (Å²) in [4.78, 5) is 0. The molecule has 0 saturated heterocycles. The topological polar surface area (TPSA) is 12.0 Å². The van der Waals surface area contributed by atoms with E-state index in [-0.39, 0.29) is 11.1 Å². The van der Waals surface area contributed by atoms with Gasteiger partial charge in [0.05, 0.1) is 5.02 Å². The van der Waals surface area contributed by atoms with Crippen LogP contribution in [0.3, 0.4) is 0 Å². The van der Waals surface area contributed by atoms with E-state index in [2.05, 4.69) is 18.5 Å². The van der Waals surface area contributed by atoms with Crippen molar-refractivity contribution < 1.29 is 4.39 Å². The molecule has 0 amide bonds. The molecule has 1 aromatic rings. The van der Waals surface area contributed by atoms with Crippen LogP contribution in [0.2, 0.25) is 10.0 Å². The fraction of sp³-hybridized carbons (Fsp3) is 0.538. The van der Waals surface area contributed by atoms with Crippen LogP contribution in [-0.4, -0.2) is 18.1 Å². The maximum absolute atomic E-state index is 13.5. The van der Waals surface area contributed by atoms with E-state index in [0.29, 0.717) is 11.1 Å². The van der Waals surface area contributed by atoms with Gasteiger partial charge < -0.3 is 5.32 Å². The molecule has 2 atom stereocenters. The first-order chi connectivity index (χ1) is 8.49. The molecule has 0 aliphatic carbocycles.